The number of para-hydroxylation sites is 7. The molecule has 116 heavy (non-hydrogen) atoms. The Hall–Kier alpha value is -16.3. The molecule has 6 aromatic heterocycles. The van der Waals surface area contributed by atoms with Crippen molar-refractivity contribution >= 4 is 92.9 Å². The summed E-state index contributed by atoms with van der Waals surface area (Å²) in [6, 6.07) is 136. The molecule has 12 heteroatoms. The SMILES string of the molecule is N#Cc1cc(-c2nc(-c3ccccc3)nc(-c3ccccc3)n2)ccc1-c1ccc2c3c(ccc4c5ccccc5n(-c5ccccc5)c43)n(-c3ccccc3)c2c1.[C-]#[N+]c1cc(-c2nc(-c3ccccc3)nc(-c3ccccc3)n2)ccc1-c1cccc2c3c(ccc4c5ccccc5n(-c5ccccc5)c43)n(-c3ccccc3)c12. The van der Waals surface area contributed by atoms with Crippen molar-refractivity contribution in [2.24, 2.45) is 0 Å². The van der Waals surface area contributed by atoms with Crippen LogP contribution in [0.1, 0.15) is 5.56 Å². The van der Waals surface area contributed by atoms with E-state index < -0.39 is 0 Å². The molecule has 0 fully saturated rings. The molecule has 0 aliphatic carbocycles. The number of rotatable bonds is 12. The molecule has 0 bridgehead atoms. The fourth-order valence-electron chi connectivity index (χ4n) is 16.8. The van der Waals surface area contributed by atoms with Crippen molar-refractivity contribution in [3.8, 4) is 119 Å². The van der Waals surface area contributed by atoms with Gasteiger partial charge in [-0.25, -0.2) is 34.7 Å². The molecule has 22 rings (SSSR count). The molecule has 540 valence electrons. The predicted octanol–water partition coefficient (Wildman–Crippen LogP) is 25.9. The lowest BCUT2D eigenvalue weighted by Crippen LogP contribution is -2.00. The van der Waals surface area contributed by atoms with Crippen LogP contribution in [0.4, 0.5) is 5.69 Å². The molecule has 0 saturated carbocycles. The summed E-state index contributed by atoms with van der Waals surface area (Å²) in [6.45, 7) is 8.53. The normalized spacial score (nSPS) is 11.4. The van der Waals surface area contributed by atoms with Gasteiger partial charge in [-0.2, -0.15) is 5.26 Å². The first-order chi connectivity index (χ1) is 57.5. The summed E-state index contributed by atoms with van der Waals surface area (Å²) in [7, 11) is 0. The van der Waals surface area contributed by atoms with Crippen LogP contribution < -0.4 is 0 Å². The Balaban J connectivity index is 0.000000145. The van der Waals surface area contributed by atoms with E-state index in [4.69, 9.17) is 36.5 Å². The van der Waals surface area contributed by atoms with Crippen LogP contribution in [-0.2, 0) is 0 Å². The lowest BCUT2D eigenvalue weighted by molar-refractivity contribution is 1.07. The molecule has 12 nitrogen and oxygen atoms in total. The van der Waals surface area contributed by atoms with Gasteiger partial charge in [0.15, 0.2) is 40.6 Å². The molecule has 22 aromatic rings. The molecule has 0 spiro atoms. The van der Waals surface area contributed by atoms with Crippen LogP contribution in [0, 0.1) is 17.9 Å². The van der Waals surface area contributed by atoms with Gasteiger partial charge in [-0.05, 0) is 113 Å². The van der Waals surface area contributed by atoms with E-state index in [1.165, 1.54) is 32.4 Å². The highest BCUT2D eigenvalue weighted by Crippen LogP contribution is 2.48. The summed E-state index contributed by atoms with van der Waals surface area (Å²) in [4.78, 5) is 33.6. The second-order valence-corrected chi connectivity index (χ2v) is 28.7. The van der Waals surface area contributed by atoms with Crippen LogP contribution in [-0.4, -0.2) is 48.2 Å². The maximum Gasteiger partial charge on any atom is 0.195 e. The Kier molecular flexibility index (Phi) is 16.7. The van der Waals surface area contributed by atoms with Crippen molar-refractivity contribution in [1.82, 2.24) is 48.2 Å². The highest BCUT2D eigenvalue weighted by molar-refractivity contribution is 6.29. The van der Waals surface area contributed by atoms with Gasteiger partial charge in [0.25, 0.3) is 0 Å². The van der Waals surface area contributed by atoms with Gasteiger partial charge in [0, 0.05) is 99.2 Å². The van der Waals surface area contributed by atoms with E-state index in [9.17, 15) is 5.26 Å². The highest BCUT2D eigenvalue weighted by Gasteiger charge is 2.27. The van der Waals surface area contributed by atoms with E-state index in [0.29, 0.717) is 46.2 Å². The molecule has 0 aliphatic heterocycles. The second-order valence-electron chi connectivity index (χ2n) is 28.7. The third-order valence-corrected chi connectivity index (χ3v) is 22.0. The summed E-state index contributed by atoms with van der Waals surface area (Å²) in [5.74, 6) is 3.33. The largest absolute Gasteiger partial charge is 0.309 e. The standard InChI is InChI=1S/2C52H32N6/c1-53-44-33-36(52-55-50(34-17-6-2-7-18-34)54-51(56-52)35-19-8-3-9-20-35)29-30-39(44)41-26-16-27-43-47-46(58(48(41)43)38-23-12-5-13-24-38)32-31-42-40-25-14-15-28-45(40)57(49(42)47)37-21-10-4-11-22-37;53-33-38-31-37(52-55-50(34-15-5-1-6-16-34)54-51(56-52)35-17-7-2-8-18-35)26-27-41(38)36-25-28-44-47(32-36)57(39-19-9-3-10-20-39)46-30-29-43-42-23-13-14-24-45(42)58(49(43)48(44)46)40-21-11-4-12-22-40/h2-33H;1-32H. The van der Waals surface area contributed by atoms with Crippen LogP contribution in [0.15, 0.2) is 388 Å². The first-order valence-corrected chi connectivity index (χ1v) is 38.5. The molecule has 6 heterocycles. The average molecular weight is 1480 g/mol. The van der Waals surface area contributed by atoms with Crippen LogP contribution >= 0.6 is 0 Å². The molecule has 0 atom stereocenters. The number of benzene rings is 16. The van der Waals surface area contributed by atoms with Gasteiger partial charge in [-0.3, -0.25) is 0 Å². The smallest absolute Gasteiger partial charge is 0.195 e. The topological polar surface area (TPSA) is 125 Å². The van der Waals surface area contributed by atoms with E-state index in [2.05, 4.69) is 254 Å². The van der Waals surface area contributed by atoms with E-state index in [1.54, 1.807) is 0 Å². The number of aromatic nitrogens is 10. The molecule has 16 aromatic carbocycles. The molecular formula is C104H64N12. The molecule has 0 unspecified atom stereocenters. The molecular weight excluding hydrogens is 1420 g/mol. The van der Waals surface area contributed by atoms with Gasteiger partial charge < -0.3 is 18.3 Å². The van der Waals surface area contributed by atoms with E-state index in [0.717, 1.165) is 133 Å². The zero-order valence-corrected chi connectivity index (χ0v) is 62.3. The van der Waals surface area contributed by atoms with E-state index >= 15 is 0 Å². The Morgan fingerprint density at radius 1 is 0.233 bits per heavy atom. The number of hydrogen-bond donors (Lipinski definition) is 0. The van der Waals surface area contributed by atoms with Crippen molar-refractivity contribution < 1.29 is 0 Å². The first-order valence-electron chi connectivity index (χ1n) is 38.5. The zero-order chi connectivity index (χ0) is 77.2. The fraction of sp³-hybridized carbons (Fsp3) is 0. The Labute approximate surface area is 666 Å². The van der Waals surface area contributed by atoms with Gasteiger partial charge >= 0.3 is 0 Å². The number of fused-ring (bicyclic) bond motifs is 14. The zero-order valence-electron chi connectivity index (χ0n) is 62.3. The van der Waals surface area contributed by atoms with Crippen LogP contribution in [0.25, 0.3) is 205 Å². The Morgan fingerprint density at radius 3 is 1.02 bits per heavy atom. The van der Waals surface area contributed by atoms with Gasteiger partial charge in [0.1, 0.15) is 0 Å². The van der Waals surface area contributed by atoms with Crippen molar-refractivity contribution in [1.29, 1.82) is 5.26 Å². The number of hydrogen-bond acceptors (Lipinski definition) is 7. The van der Waals surface area contributed by atoms with Gasteiger partial charge in [0.2, 0.25) is 0 Å². The van der Waals surface area contributed by atoms with Crippen molar-refractivity contribution in [2.45, 2.75) is 0 Å². The third kappa shape index (κ3) is 11.6. The molecule has 0 saturated heterocycles. The van der Waals surface area contributed by atoms with Crippen molar-refractivity contribution in [2.75, 3.05) is 0 Å². The summed E-state index contributed by atoms with van der Waals surface area (Å²) < 4.78 is 9.51. The highest BCUT2D eigenvalue weighted by atomic mass is 15.1. The van der Waals surface area contributed by atoms with Crippen LogP contribution in [0.2, 0.25) is 0 Å². The minimum absolute atomic E-state index is 0.508. The van der Waals surface area contributed by atoms with E-state index in [-0.39, 0.29) is 0 Å². The molecule has 0 N–H and O–H groups in total. The lowest BCUT2D eigenvalue weighted by atomic mass is 9.96. The van der Waals surface area contributed by atoms with Crippen LogP contribution in [0.5, 0.6) is 0 Å². The summed E-state index contributed by atoms with van der Waals surface area (Å²) in [6.07, 6.45) is 0. The third-order valence-electron chi connectivity index (χ3n) is 22.0. The van der Waals surface area contributed by atoms with Gasteiger partial charge in [-0.15, -0.1) is 0 Å². The fourth-order valence-corrected chi connectivity index (χ4v) is 16.8. The van der Waals surface area contributed by atoms with Crippen molar-refractivity contribution in [3.63, 3.8) is 0 Å². The molecule has 0 radical (unpaired) electrons. The summed E-state index contributed by atoms with van der Waals surface area (Å²) in [5.41, 5.74) is 23.0. The first kappa shape index (κ1) is 67.8. The molecule has 0 amide bonds. The second kappa shape index (κ2) is 28.5. The lowest BCUT2D eigenvalue weighted by Gasteiger charge is -2.14. The number of nitrogens with zero attached hydrogens (tertiary/aromatic N) is 12. The summed E-state index contributed by atoms with van der Waals surface area (Å²) >= 11 is 0. The maximum absolute atomic E-state index is 10.7. The predicted molar refractivity (Wildman–Crippen MR) is 471 cm³/mol. The van der Waals surface area contributed by atoms with Gasteiger partial charge in [-0.1, -0.05) is 297 Å². The summed E-state index contributed by atoms with van der Waals surface area (Å²) in [5, 5.41) is 20.1. The minimum atomic E-state index is 0.508. The monoisotopic (exact) mass is 1480 g/mol. The molecule has 0 aliphatic rings. The van der Waals surface area contributed by atoms with Crippen molar-refractivity contribution in [3.05, 3.63) is 405 Å². The van der Waals surface area contributed by atoms with E-state index in [1.807, 2.05) is 164 Å². The number of nitriles is 1. The average Bonchev–Trinajstić information content (AvgIpc) is 1.54. The Bertz CT molecular complexity index is 7560. The Morgan fingerprint density at radius 2 is 0.578 bits per heavy atom. The maximum atomic E-state index is 10.7. The van der Waals surface area contributed by atoms with Gasteiger partial charge in [0.05, 0.1) is 62.3 Å². The van der Waals surface area contributed by atoms with Crippen LogP contribution in [0.3, 0.4) is 0 Å². The minimum Gasteiger partial charge on any atom is -0.309 e. The quantitative estimate of drug-likeness (QED) is 0.112.